The highest BCUT2D eigenvalue weighted by Gasteiger charge is 2.11. The lowest BCUT2D eigenvalue weighted by Crippen LogP contribution is -2.21. The van der Waals surface area contributed by atoms with Gasteiger partial charge in [0.2, 0.25) is 0 Å². The summed E-state index contributed by atoms with van der Waals surface area (Å²) in [5.74, 6) is 0. The average Bonchev–Trinajstić information content (AvgIpc) is 2.88. The Kier molecular flexibility index (Phi) is 3.56. The molecule has 3 aromatic rings. The van der Waals surface area contributed by atoms with Gasteiger partial charge in [-0.15, -0.1) is 0 Å². The van der Waals surface area contributed by atoms with Gasteiger partial charge in [0.05, 0.1) is 10.2 Å². The minimum Gasteiger partial charge on any atom is -0.399 e. The van der Waals surface area contributed by atoms with E-state index in [2.05, 4.69) is 36.1 Å². The number of hydrogen-bond acceptors (Lipinski definition) is 4. The molecule has 0 fully saturated rings. The Balaban J connectivity index is 1.91. The van der Waals surface area contributed by atoms with Gasteiger partial charge in [-0.3, -0.25) is 0 Å². The third kappa shape index (κ3) is 2.60. The van der Waals surface area contributed by atoms with E-state index >= 15 is 0 Å². The monoisotopic (exact) mass is 283 g/mol. The predicted octanol–water partition coefficient (Wildman–Crippen LogP) is 3.91. The SMILES string of the molecule is CCN(Cc1ccccc1)c1nc2ccc(N)cc2s1. The number of rotatable bonds is 4. The fraction of sp³-hybridized carbons (Fsp3) is 0.188. The van der Waals surface area contributed by atoms with Crippen molar-refractivity contribution in [1.82, 2.24) is 4.98 Å². The molecule has 0 bridgehead atoms. The summed E-state index contributed by atoms with van der Waals surface area (Å²) >= 11 is 1.70. The van der Waals surface area contributed by atoms with E-state index < -0.39 is 0 Å². The molecule has 1 aromatic heterocycles. The first kappa shape index (κ1) is 12.9. The summed E-state index contributed by atoms with van der Waals surface area (Å²) in [6.07, 6.45) is 0. The molecule has 0 unspecified atom stereocenters. The number of thiazole rings is 1. The van der Waals surface area contributed by atoms with Gasteiger partial charge in [0.1, 0.15) is 0 Å². The van der Waals surface area contributed by atoms with Gasteiger partial charge in [-0.05, 0) is 30.7 Å². The van der Waals surface area contributed by atoms with Crippen LogP contribution in [-0.4, -0.2) is 11.5 Å². The second-order valence-electron chi connectivity index (χ2n) is 4.72. The third-order valence-electron chi connectivity index (χ3n) is 3.27. The van der Waals surface area contributed by atoms with Crippen LogP contribution in [0.1, 0.15) is 12.5 Å². The van der Waals surface area contributed by atoms with Crippen molar-refractivity contribution in [1.29, 1.82) is 0 Å². The number of hydrogen-bond donors (Lipinski definition) is 1. The van der Waals surface area contributed by atoms with Crippen LogP contribution in [0, 0.1) is 0 Å². The lowest BCUT2D eigenvalue weighted by molar-refractivity contribution is 0.828. The summed E-state index contributed by atoms with van der Waals surface area (Å²) in [7, 11) is 0. The molecule has 0 atom stereocenters. The van der Waals surface area contributed by atoms with E-state index in [0.717, 1.165) is 34.1 Å². The Morgan fingerprint density at radius 1 is 1.15 bits per heavy atom. The van der Waals surface area contributed by atoms with Gasteiger partial charge >= 0.3 is 0 Å². The number of nitrogen functional groups attached to an aromatic ring is 1. The molecule has 0 saturated heterocycles. The summed E-state index contributed by atoms with van der Waals surface area (Å²) < 4.78 is 1.14. The van der Waals surface area contributed by atoms with Crippen LogP contribution in [0.3, 0.4) is 0 Å². The molecule has 0 amide bonds. The molecule has 2 aromatic carbocycles. The zero-order valence-electron chi connectivity index (χ0n) is 11.4. The average molecular weight is 283 g/mol. The Labute approximate surface area is 122 Å². The van der Waals surface area contributed by atoms with Crippen LogP contribution in [0.4, 0.5) is 10.8 Å². The molecule has 1 heterocycles. The first-order chi connectivity index (χ1) is 9.76. The van der Waals surface area contributed by atoms with Gasteiger partial charge in [0.25, 0.3) is 0 Å². The summed E-state index contributed by atoms with van der Waals surface area (Å²) in [6, 6.07) is 16.4. The minimum atomic E-state index is 0.791. The van der Waals surface area contributed by atoms with Crippen molar-refractivity contribution in [3.05, 3.63) is 54.1 Å². The second kappa shape index (κ2) is 5.51. The number of benzene rings is 2. The molecule has 0 radical (unpaired) electrons. The topological polar surface area (TPSA) is 42.2 Å². The van der Waals surface area contributed by atoms with Crippen molar-refractivity contribution in [2.45, 2.75) is 13.5 Å². The maximum Gasteiger partial charge on any atom is 0.186 e. The molecule has 0 aliphatic rings. The lowest BCUT2D eigenvalue weighted by Gasteiger charge is -2.19. The van der Waals surface area contributed by atoms with Gasteiger partial charge in [-0.25, -0.2) is 4.98 Å². The first-order valence-corrected chi connectivity index (χ1v) is 7.53. The molecule has 0 saturated carbocycles. The van der Waals surface area contributed by atoms with Gasteiger partial charge in [0.15, 0.2) is 5.13 Å². The molecule has 3 nitrogen and oxygen atoms in total. The van der Waals surface area contributed by atoms with Crippen LogP contribution in [0.5, 0.6) is 0 Å². The van der Waals surface area contributed by atoms with Gasteiger partial charge in [-0.2, -0.15) is 0 Å². The minimum absolute atomic E-state index is 0.791. The number of anilines is 2. The largest absolute Gasteiger partial charge is 0.399 e. The summed E-state index contributed by atoms with van der Waals surface area (Å²) in [5, 5.41) is 1.05. The summed E-state index contributed by atoms with van der Waals surface area (Å²) in [4.78, 5) is 7.00. The van der Waals surface area contributed by atoms with Crippen molar-refractivity contribution in [2.24, 2.45) is 0 Å². The Morgan fingerprint density at radius 2 is 1.95 bits per heavy atom. The number of nitrogens with two attached hydrogens (primary N) is 1. The van der Waals surface area contributed by atoms with Crippen molar-refractivity contribution >= 4 is 32.4 Å². The normalized spacial score (nSPS) is 10.8. The first-order valence-electron chi connectivity index (χ1n) is 6.71. The molecular formula is C16H17N3S. The molecule has 0 aliphatic heterocycles. The highest BCUT2D eigenvalue weighted by Crippen LogP contribution is 2.30. The zero-order valence-corrected chi connectivity index (χ0v) is 12.2. The van der Waals surface area contributed by atoms with Crippen molar-refractivity contribution < 1.29 is 0 Å². The van der Waals surface area contributed by atoms with E-state index in [-0.39, 0.29) is 0 Å². The van der Waals surface area contributed by atoms with Crippen LogP contribution in [0.25, 0.3) is 10.2 Å². The summed E-state index contributed by atoms with van der Waals surface area (Å²) in [5.41, 5.74) is 8.94. The molecular weight excluding hydrogens is 266 g/mol. The Morgan fingerprint density at radius 3 is 2.70 bits per heavy atom. The maximum atomic E-state index is 5.83. The van der Waals surface area contributed by atoms with Crippen LogP contribution < -0.4 is 10.6 Å². The van der Waals surface area contributed by atoms with Crippen molar-refractivity contribution in [3.8, 4) is 0 Å². The van der Waals surface area contributed by atoms with Crippen molar-refractivity contribution in [2.75, 3.05) is 17.2 Å². The summed E-state index contributed by atoms with van der Waals surface area (Å²) in [6.45, 7) is 3.97. The second-order valence-corrected chi connectivity index (χ2v) is 5.73. The van der Waals surface area contributed by atoms with Crippen LogP contribution >= 0.6 is 11.3 Å². The fourth-order valence-electron chi connectivity index (χ4n) is 2.18. The smallest absolute Gasteiger partial charge is 0.186 e. The lowest BCUT2D eigenvalue weighted by atomic mass is 10.2. The van der Waals surface area contributed by atoms with Gasteiger partial charge < -0.3 is 10.6 Å². The molecule has 102 valence electrons. The van der Waals surface area contributed by atoms with Crippen LogP contribution in [0.2, 0.25) is 0 Å². The van der Waals surface area contributed by atoms with E-state index in [1.54, 1.807) is 11.3 Å². The van der Waals surface area contributed by atoms with E-state index in [4.69, 9.17) is 10.7 Å². The standard InChI is InChI=1S/C16H17N3S/c1-2-19(11-12-6-4-3-5-7-12)16-18-14-9-8-13(17)10-15(14)20-16/h3-10H,2,11,17H2,1H3. The molecule has 4 heteroatoms. The van der Waals surface area contributed by atoms with Gasteiger partial charge in [0, 0.05) is 18.8 Å². The van der Waals surface area contributed by atoms with Crippen molar-refractivity contribution in [3.63, 3.8) is 0 Å². The molecule has 20 heavy (non-hydrogen) atoms. The zero-order chi connectivity index (χ0) is 13.9. The Bertz CT molecular complexity index is 706. The van der Waals surface area contributed by atoms with Gasteiger partial charge in [-0.1, -0.05) is 41.7 Å². The highest BCUT2D eigenvalue weighted by atomic mass is 32.1. The van der Waals surface area contributed by atoms with E-state index in [9.17, 15) is 0 Å². The number of nitrogens with zero attached hydrogens (tertiary/aromatic N) is 2. The highest BCUT2D eigenvalue weighted by molar-refractivity contribution is 7.22. The molecule has 2 N–H and O–H groups in total. The molecule has 0 spiro atoms. The number of aromatic nitrogens is 1. The fourth-order valence-corrected chi connectivity index (χ4v) is 3.26. The number of fused-ring (bicyclic) bond motifs is 1. The van der Waals surface area contributed by atoms with Crippen LogP contribution in [-0.2, 0) is 6.54 Å². The maximum absolute atomic E-state index is 5.83. The molecule has 0 aliphatic carbocycles. The molecule has 3 rings (SSSR count). The predicted molar refractivity (Wildman–Crippen MR) is 87.2 cm³/mol. The van der Waals surface area contributed by atoms with E-state index in [0.29, 0.717) is 0 Å². The van der Waals surface area contributed by atoms with Crippen LogP contribution in [0.15, 0.2) is 48.5 Å². The quantitative estimate of drug-likeness (QED) is 0.738. The van der Waals surface area contributed by atoms with E-state index in [1.165, 1.54) is 5.56 Å². The Hall–Kier alpha value is -2.07. The van der Waals surface area contributed by atoms with E-state index in [1.807, 2.05) is 24.3 Å². The third-order valence-corrected chi connectivity index (χ3v) is 4.35.